The summed E-state index contributed by atoms with van der Waals surface area (Å²) >= 11 is 6.10. The first-order valence-corrected chi connectivity index (χ1v) is 6.76. The van der Waals surface area contributed by atoms with Crippen LogP contribution in [0.15, 0.2) is 36.5 Å². The molecule has 0 unspecified atom stereocenters. The van der Waals surface area contributed by atoms with E-state index in [4.69, 9.17) is 11.6 Å². The van der Waals surface area contributed by atoms with Crippen LogP contribution >= 0.6 is 11.6 Å². The maximum Gasteiger partial charge on any atom is 0.413 e. The molecular formula is C14H12ClN5O2. The Hall–Kier alpha value is -2.80. The van der Waals surface area contributed by atoms with Gasteiger partial charge in [-0.05, 0) is 18.2 Å². The van der Waals surface area contributed by atoms with E-state index in [1.54, 1.807) is 18.3 Å². The predicted molar refractivity (Wildman–Crippen MR) is 84.7 cm³/mol. The van der Waals surface area contributed by atoms with Gasteiger partial charge in [-0.3, -0.25) is 5.32 Å². The number of halogens is 1. The molecule has 0 aliphatic rings. The highest BCUT2D eigenvalue weighted by atomic mass is 35.5. The molecule has 3 N–H and O–H groups in total. The van der Waals surface area contributed by atoms with Crippen molar-refractivity contribution in [2.75, 3.05) is 17.7 Å². The van der Waals surface area contributed by atoms with Crippen molar-refractivity contribution >= 4 is 46.2 Å². The normalized spacial score (nSPS) is 10.5. The molecule has 2 heterocycles. The van der Waals surface area contributed by atoms with Crippen LogP contribution in [0, 0.1) is 0 Å². The third-order valence-corrected chi connectivity index (χ3v) is 3.22. The van der Waals surface area contributed by atoms with E-state index in [2.05, 4.69) is 30.3 Å². The zero-order valence-corrected chi connectivity index (χ0v) is 12.3. The van der Waals surface area contributed by atoms with E-state index in [0.717, 1.165) is 11.4 Å². The molecule has 0 bridgehead atoms. The van der Waals surface area contributed by atoms with Gasteiger partial charge >= 0.3 is 6.09 Å². The molecule has 0 spiro atoms. The molecule has 0 saturated heterocycles. The number of nitrogens with one attached hydrogen (secondary N) is 3. The van der Waals surface area contributed by atoms with Gasteiger partial charge in [-0.15, -0.1) is 0 Å². The Kier molecular flexibility index (Phi) is 3.80. The standard InChI is InChI=1S/C14H12ClN5O2/c1-22-14(21)20-13-18-11-6-8(7-16-12(11)19-13)17-10-5-3-2-4-9(10)15/h2-7,17H,1H3,(H2,16,18,19,20,21). The Balaban J connectivity index is 1.86. The van der Waals surface area contributed by atoms with E-state index in [1.807, 2.05) is 18.2 Å². The minimum atomic E-state index is -0.603. The number of carbonyl (C=O) groups excluding carboxylic acids is 1. The molecule has 112 valence electrons. The second-order valence-electron chi connectivity index (χ2n) is 4.40. The summed E-state index contributed by atoms with van der Waals surface area (Å²) in [7, 11) is 1.28. The highest BCUT2D eigenvalue weighted by Crippen LogP contribution is 2.25. The lowest BCUT2D eigenvalue weighted by atomic mass is 10.3. The highest BCUT2D eigenvalue weighted by Gasteiger charge is 2.08. The van der Waals surface area contributed by atoms with E-state index in [9.17, 15) is 4.79 Å². The number of hydrogen-bond acceptors (Lipinski definition) is 5. The van der Waals surface area contributed by atoms with Gasteiger partial charge in [-0.2, -0.15) is 0 Å². The largest absolute Gasteiger partial charge is 0.453 e. The number of aromatic amines is 1. The fraction of sp³-hybridized carbons (Fsp3) is 0.0714. The second-order valence-corrected chi connectivity index (χ2v) is 4.81. The number of fused-ring (bicyclic) bond motifs is 1. The van der Waals surface area contributed by atoms with Crippen molar-refractivity contribution in [3.63, 3.8) is 0 Å². The quantitative estimate of drug-likeness (QED) is 0.687. The zero-order valence-electron chi connectivity index (χ0n) is 11.6. The number of carbonyl (C=O) groups is 1. The molecule has 1 aromatic carbocycles. The van der Waals surface area contributed by atoms with Crippen LogP contribution in [-0.4, -0.2) is 28.2 Å². The molecule has 0 aliphatic carbocycles. The van der Waals surface area contributed by atoms with Crippen LogP contribution in [0.2, 0.25) is 5.02 Å². The lowest BCUT2D eigenvalue weighted by molar-refractivity contribution is 0.186. The lowest BCUT2D eigenvalue weighted by Crippen LogP contribution is -2.11. The highest BCUT2D eigenvalue weighted by molar-refractivity contribution is 6.33. The van der Waals surface area contributed by atoms with Crippen molar-refractivity contribution < 1.29 is 9.53 Å². The fourth-order valence-corrected chi connectivity index (χ4v) is 2.07. The Morgan fingerprint density at radius 3 is 2.95 bits per heavy atom. The minimum absolute atomic E-state index is 0.268. The van der Waals surface area contributed by atoms with Crippen molar-refractivity contribution in [3.8, 4) is 0 Å². The van der Waals surface area contributed by atoms with E-state index >= 15 is 0 Å². The van der Waals surface area contributed by atoms with E-state index in [0.29, 0.717) is 16.2 Å². The Labute approximate surface area is 130 Å². The van der Waals surface area contributed by atoms with Gasteiger partial charge < -0.3 is 15.0 Å². The summed E-state index contributed by atoms with van der Waals surface area (Å²) in [5.74, 6) is 0.268. The zero-order chi connectivity index (χ0) is 15.5. The fourth-order valence-electron chi connectivity index (χ4n) is 1.89. The third-order valence-electron chi connectivity index (χ3n) is 2.90. The topological polar surface area (TPSA) is 91.9 Å². The average Bonchev–Trinajstić information content (AvgIpc) is 2.91. The number of H-pyrrole nitrogens is 1. The van der Waals surface area contributed by atoms with Crippen molar-refractivity contribution in [2.24, 2.45) is 0 Å². The first kappa shape index (κ1) is 14.2. The number of pyridine rings is 1. The Bertz CT molecular complexity index is 833. The van der Waals surface area contributed by atoms with Gasteiger partial charge in [-0.25, -0.2) is 14.8 Å². The SMILES string of the molecule is COC(=O)Nc1nc2cc(Nc3ccccc3Cl)cnc2[nH]1. The molecule has 8 heteroatoms. The van der Waals surface area contributed by atoms with E-state index in [1.165, 1.54) is 7.11 Å². The summed E-state index contributed by atoms with van der Waals surface area (Å²) in [6, 6.07) is 9.19. The van der Waals surface area contributed by atoms with Gasteiger partial charge in [0.25, 0.3) is 0 Å². The summed E-state index contributed by atoms with van der Waals surface area (Å²) in [4.78, 5) is 22.5. The number of para-hydroxylation sites is 1. The smallest absolute Gasteiger partial charge is 0.413 e. The molecule has 0 aliphatic heterocycles. The summed E-state index contributed by atoms with van der Waals surface area (Å²) < 4.78 is 4.51. The van der Waals surface area contributed by atoms with Crippen LogP contribution in [0.1, 0.15) is 0 Å². The van der Waals surface area contributed by atoms with Crippen molar-refractivity contribution in [1.29, 1.82) is 0 Å². The number of methoxy groups -OCH3 is 1. The van der Waals surface area contributed by atoms with E-state index < -0.39 is 6.09 Å². The Morgan fingerprint density at radius 1 is 1.36 bits per heavy atom. The van der Waals surface area contributed by atoms with E-state index in [-0.39, 0.29) is 5.95 Å². The minimum Gasteiger partial charge on any atom is -0.453 e. The number of imidazole rings is 1. The first-order valence-electron chi connectivity index (χ1n) is 6.38. The number of anilines is 3. The third kappa shape index (κ3) is 2.94. The molecule has 0 radical (unpaired) electrons. The van der Waals surface area contributed by atoms with Gasteiger partial charge in [-0.1, -0.05) is 23.7 Å². The molecule has 7 nitrogen and oxygen atoms in total. The van der Waals surface area contributed by atoms with Crippen LogP contribution < -0.4 is 10.6 Å². The molecular weight excluding hydrogens is 306 g/mol. The van der Waals surface area contributed by atoms with Crippen molar-refractivity contribution in [1.82, 2.24) is 15.0 Å². The predicted octanol–water partition coefficient (Wildman–Crippen LogP) is 3.53. The molecule has 3 rings (SSSR count). The van der Waals surface area contributed by atoms with Crippen LogP contribution in [0.4, 0.5) is 22.1 Å². The molecule has 0 atom stereocenters. The molecule has 22 heavy (non-hydrogen) atoms. The van der Waals surface area contributed by atoms with Gasteiger partial charge in [0.1, 0.15) is 5.52 Å². The number of aromatic nitrogens is 3. The average molecular weight is 318 g/mol. The summed E-state index contributed by atoms with van der Waals surface area (Å²) in [6.07, 6.45) is 1.04. The number of nitrogens with zero attached hydrogens (tertiary/aromatic N) is 2. The van der Waals surface area contributed by atoms with Gasteiger partial charge in [0.2, 0.25) is 5.95 Å². The monoisotopic (exact) mass is 317 g/mol. The number of benzene rings is 1. The van der Waals surface area contributed by atoms with Gasteiger partial charge in [0.05, 0.1) is 29.7 Å². The van der Waals surface area contributed by atoms with Crippen molar-refractivity contribution in [3.05, 3.63) is 41.6 Å². The molecule has 2 aromatic heterocycles. The first-order chi connectivity index (χ1) is 10.7. The van der Waals surface area contributed by atoms with Gasteiger partial charge in [0.15, 0.2) is 5.65 Å². The molecule has 3 aromatic rings. The van der Waals surface area contributed by atoms with Crippen LogP contribution in [-0.2, 0) is 4.74 Å². The lowest BCUT2D eigenvalue weighted by Gasteiger charge is -2.07. The number of amides is 1. The molecule has 1 amide bonds. The molecule has 0 fully saturated rings. The van der Waals surface area contributed by atoms with Gasteiger partial charge in [0, 0.05) is 0 Å². The van der Waals surface area contributed by atoms with Crippen molar-refractivity contribution in [2.45, 2.75) is 0 Å². The second kappa shape index (κ2) is 5.90. The maximum atomic E-state index is 11.2. The van der Waals surface area contributed by atoms with Crippen LogP contribution in [0.25, 0.3) is 11.2 Å². The summed E-state index contributed by atoms with van der Waals surface area (Å²) in [5, 5.41) is 6.22. The maximum absolute atomic E-state index is 11.2. The van der Waals surface area contributed by atoms with Crippen LogP contribution in [0.5, 0.6) is 0 Å². The summed E-state index contributed by atoms with van der Waals surface area (Å²) in [6.45, 7) is 0. The Morgan fingerprint density at radius 2 is 2.18 bits per heavy atom. The summed E-state index contributed by atoms with van der Waals surface area (Å²) in [5.41, 5.74) is 2.66. The number of hydrogen-bond donors (Lipinski definition) is 3. The molecule has 0 saturated carbocycles. The van der Waals surface area contributed by atoms with Crippen LogP contribution in [0.3, 0.4) is 0 Å². The number of ether oxygens (including phenoxy) is 1. The number of rotatable bonds is 3.